The second-order valence-electron chi connectivity index (χ2n) is 5.00. The maximum Gasteiger partial charge on any atom is 0.209 e. The topological polar surface area (TPSA) is 55.6 Å². The Kier molecular flexibility index (Phi) is 5.93. The molecule has 1 fully saturated rings. The lowest BCUT2D eigenvalue weighted by atomic mass is 9.89. The molecule has 2 rings (SSSR count). The second-order valence-corrected chi connectivity index (χ2v) is 6.06. The smallest absolute Gasteiger partial charge is 0.209 e. The van der Waals surface area contributed by atoms with E-state index in [0.717, 1.165) is 23.4 Å². The normalized spacial score (nSPS) is 17.2. The molecule has 0 amide bonds. The van der Waals surface area contributed by atoms with Gasteiger partial charge in [0.1, 0.15) is 0 Å². The van der Waals surface area contributed by atoms with Crippen molar-refractivity contribution in [3.8, 4) is 0 Å². The summed E-state index contributed by atoms with van der Waals surface area (Å²) in [5, 5.41) is 15.9. The monoisotopic (exact) mass is 269 g/mol. The van der Waals surface area contributed by atoms with E-state index in [0.29, 0.717) is 0 Å². The summed E-state index contributed by atoms with van der Waals surface area (Å²) in [7, 11) is 1.88. The van der Waals surface area contributed by atoms with E-state index in [4.69, 9.17) is 0 Å². The van der Waals surface area contributed by atoms with Gasteiger partial charge in [0.15, 0.2) is 0 Å². The maximum atomic E-state index is 3.95. The van der Waals surface area contributed by atoms with Crippen LogP contribution in [0.15, 0.2) is 5.16 Å². The minimum atomic E-state index is 0.905. The molecule has 0 aliphatic heterocycles. The molecule has 0 radical (unpaired) electrons. The molecule has 0 aromatic carbocycles. The van der Waals surface area contributed by atoms with Crippen LogP contribution in [0, 0.1) is 5.92 Å². The molecule has 1 aliphatic carbocycles. The first-order valence-electron chi connectivity index (χ1n) is 6.92. The van der Waals surface area contributed by atoms with Crippen molar-refractivity contribution < 1.29 is 0 Å². The van der Waals surface area contributed by atoms with E-state index in [2.05, 4.69) is 20.8 Å². The van der Waals surface area contributed by atoms with Gasteiger partial charge in [-0.3, -0.25) is 0 Å². The number of nitrogens with zero attached hydrogens (tertiary/aromatic N) is 4. The maximum absolute atomic E-state index is 3.95. The fraction of sp³-hybridized carbons (Fsp3) is 0.917. The molecule has 18 heavy (non-hydrogen) atoms. The number of aryl methyl sites for hydroxylation is 1. The van der Waals surface area contributed by atoms with Crippen LogP contribution in [0.3, 0.4) is 0 Å². The molecule has 1 N–H and O–H groups in total. The van der Waals surface area contributed by atoms with Gasteiger partial charge in [-0.25, -0.2) is 4.68 Å². The van der Waals surface area contributed by atoms with Crippen LogP contribution in [0.25, 0.3) is 0 Å². The molecule has 1 aliphatic rings. The zero-order valence-corrected chi connectivity index (χ0v) is 12.0. The summed E-state index contributed by atoms with van der Waals surface area (Å²) < 4.78 is 1.72. The largest absolute Gasteiger partial charge is 0.316 e. The van der Waals surface area contributed by atoms with Crippen molar-refractivity contribution in [1.29, 1.82) is 0 Å². The van der Waals surface area contributed by atoms with Crippen LogP contribution in [0.5, 0.6) is 0 Å². The molecule has 1 aromatic rings. The van der Waals surface area contributed by atoms with E-state index >= 15 is 0 Å². The predicted molar refractivity (Wildman–Crippen MR) is 73.6 cm³/mol. The van der Waals surface area contributed by atoms with Crippen LogP contribution in [-0.4, -0.2) is 39.0 Å². The van der Waals surface area contributed by atoms with Gasteiger partial charge in [-0.2, -0.15) is 0 Å². The van der Waals surface area contributed by atoms with E-state index in [-0.39, 0.29) is 0 Å². The zero-order chi connectivity index (χ0) is 12.6. The van der Waals surface area contributed by atoms with Crippen LogP contribution in [0.2, 0.25) is 0 Å². The molecule has 102 valence electrons. The molecule has 0 saturated heterocycles. The third-order valence-corrected chi connectivity index (χ3v) is 4.56. The summed E-state index contributed by atoms with van der Waals surface area (Å²) in [5.41, 5.74) is 0. The lowest BCUT2D eigenvalue weighted by Crippen LogP contribution is -2.25. The summed E-state index contributed by atoms with van der Waals surface area (Å²) >= 11 is 1.73. The number of hydrogen-bond donors (Lipinski definition) is 1. The van der Waals surface area contributed by atoms with Crippen LogP contribution >= 0.6 is 11.8 Å². The molecule has 6 heteroatoms. The first-order chi connectivity index (χ1) is 8.86. The fourth-order valence-electron chi connectivity index (χ4n) is 2.40. The standard InChI is InChI=1S/C12H23N5S/c1-17-12(14-15-16-17)18-9-5-8-13-10-11-6-3-2-4-7-11/h11,13H,2-10H2,1H3. The molecule has 1 saturated carbocycles. The molecule has 5 nitrogen and oxygen atoms in total. The van der Waals surface area contributed by atoms with Gasteiger partial charge in [0.05, 0.1) is 0 Å². The van der Waals surface area contributed by atoms with Gasteiger partial charge in [-0.15, -0.1) is 5.10 Å². The highest BCUT2D eigenvalue weighted by Crippen LogP contribution is 2.22. The third-order valence-electron chi connectivity index (χ3n) is 3.47. The van der Waals surface area contributed by atoms with E-state index < -0.39 is 0 Å². The quantitative estimate of drug-likeness (QED) is 0.605. The lowest BCUT2D eigenvalue weighted by Gasteiger charge is -2.21. The Morgan fingerprint density at radius 3 is 2.89 bits per heavy atom. The second kappa shape index (κ2) is 7.74. The fourth-order valence-corrected chi connectivity index (χ4v) is 3.19. The van der Waals surface area contributed by atoms with Crippen molar-refractivity contribution in [1.82, 2.24) is 25.5 Å². The van der Waals surface area contributed by atoms with Crippen molar-refractivity contribution >= 4 is 11.8 Å². The highest BCUT2D eigenvalue weighted by molar-refractivity contribution is 7.99. The molecule has 1 heterocycles. The Morgan fingerprint density at radius 1 is 1.33 bits per heavy atom. The molecule has 0 spiro atoms. The van der Waals surface area contributed by atoms with E-state index in [1.165, 1.54) is 45.1 Å². The average Bonchev–Trinajstić information content (AvgIpc) is 2.81. The van der Waals surface area contributed by atoms with Gasteiger partial charge in [0.25, 0.3) is 0 Å². The Balaban J connectivity index is 1.47. The summed E-state index contributed by atoms with van der Waals surface area (Å²) in [6, 6.07) is 0. The molecular weight excluding hydrogens is 246 g/mol. The van der Waals surface area contributed by atoms with E-state index in [1.54, 1.807) is 16.4 Å². The highest BCUT2D eigenvalue weighted by Gasteiger charge is 2.12. The zero-order valence-electron chi connectivity index (χ0n) is 11.1. The van der Waals surface area contributed by atoms with Crippen molar-refractivity contribution in [2.75, 3.05) is 18.8 Å². The average molecular weight is 269 g/mol. The Hall–Kier alpha value is -0.620. The van der Waals surface area contributed by atoms with Crippen LogP contribution < -0.4 is 5.32 Å². The number of aromatic nitrogens is 4. The Morgan fingerprint density at radius 2 is 2.17 bits per heavy atom. The van der Waals surface area contributed by atoms with Crippen LogP contribution in [-0.2, 0) is 7.05 Å². The van der Waals surface area contributed by atoms with Crippen molar-refractivity contribution in [2.24, 2.45) is 13.0 Å². The van der Waals surface area contributed by atoms with Crippen molar-refractivity contribution in [3.63, 3.8) is 0 Å². The van der Waals surface area contributed by atoms with E-state index in [1.807, 2.05) is 7.05 Å². The van der Waals surface area contributed by atoms with Gasteiger partial charge in [0, 0.05) is 12.8 Å². The predicted octanol–water partition coefficient (Wildman–Crippen LogP) is 1.86. The van der Waals surface area contributed by atoms with Gasteiger partial charge in [-0.05, 0) is 48.7 Å². The summed E-state index contributed by atoms with van der Waals surface area (Å²) in [5.74, 6) is 2.00. The molecule has 0 unspecified atom stereocenters. The number of nitrogens with one attached hydrogen (secondary N) is 1. The summed E-state index contributed by atoms with van der Waals surface area (Å²) in [6.07, 6.45) is 8.32. The molecule has 0 atom stereocenters. The molecular formula is C12H23N5S. The SMILES string of the molecule is Cn1nnnc1SCCCNCC1CCCCC1. The summed E-state index contributed by atoms with van der Waals surface area (Å²) in [6.45, 7) is 2.31. The first-order valence-corrected chi connectivity index (χ1v) is 7.90. The Bertz CT molecular complexity index is 335. The minimum absolute atomic E-state index is 0.905. The van der Waals surface area contributed by atoms with Crippen LogP contribution in [0.4, 0.5) is 0 Å². The van der Waals surface area contributed by atoms with Crippen molar-refractivity contribution in [3.05, 3.63) is 0 Å². The lowest BCUT2D eigenvalue weighted by molar-refractivity contribution is 0.343. The van der Waals surface area contributed by atoms with Gasteiger partial charge in [0.2, 0.25) is 5.16 Å². The number of thioether (sulfide) groups is 1. The van der Waals surface area contributed by atoms with Crippen LogP contribution in [0.1, 0.15) is 38.5 Å². The van der Waals surface area contributed by atoms with Gasteiger partial charge in [-0.1, -0.05) is 31.0 Å². The number of rotatable bonds is 7. The van der Waals surface area contributed by atoms with E-state index in [9.17, 15) is 0 Å². The molecule has 0 bridgehead atoms. The highest BCUT2D eigenvalue weighted by atomic mass is 32.2. The molecule has 1 aromatic heterocycles. The first kappa shape index (κ1) is 13.8. The number of tetrazole rings is 1. The van der Waals surface area contributed by atoms with Gasteiger partial charge >= 0.3 is 0 Å². The van der Waals surface area contributed by atoms with Gasteiger partial charge < -0.3 is 5.32 Å². The Labute approximate surface area is 113 Å². The minimum Gasteiger partial charge on any atom is -0.316 e. The third kappa shape index (κ3) is 4.57. The van der Waals surface area contributed by atoms with Crippen molar-refractivity contribution in [2.45, 2.75) is 43.7 Å². The summed E-state index contributed by atoms with van der Waals surface area (Å²) in [4.78, 5) is 0. The number of hydrogen-bond acceptors (Lipinski definition) is 5.